The highest BCUT2D eigenvalue weighted by Crippen LogP contribution is 2.34. The fraction of sp³-hybridized carbons (Fsp3) is 0.467. The van der Waals surface area contributed by atoms with Crippen molar-refractivity contribution in [2.24, 2.45) is 0 Å². The smallest absolute Gasteiger partial charge is 0.227 e. The third kappa shape index (κ3) is 2.95. The van der Waals surface area contributed by atoms with Gasteiger partial charge in [0.2, 0.25) is 5.95 Å². The maximum absolute atomic E-state index is 6.12. The molecule has 2 heterocycles. The van der Waals surface area contributed by atoms with Gasteiger partial charge in [-0.2, -0.15) is 10.0 Å². The van der Waals surface area contributed by atoms with Gasteiger partial charge in [-0.1, -0.05) is 0 Å². The molecule has 1 fully saturated rings. The minimum atomic E-state index is 0.431. The van der Waals surface area contributed by atoms with E-state index in [2.05, 4.69) is 14.9 Å². The van der Waals surface area contributed by atoms with Gasteiger partial charge in [-0.25, -0.2) is 4.98 Å². The number of hydroxylamine groups is 2. The Hall–Kier alpha value is -2.32. The predicted octanol–water partition coefficient (Wildman–Crippen LogP) is 0.913. The number of aromatic nitrogens is 2. The van der Waals surface area contributed by atoms with E-state index in [1.54, 1.807) is 27.4 Å². The van der Waals surface area contributed by atoms with Crippen LogP contribution in [0.5, 0.6) is 11.5 Å². The number of fused-ring (bicyclic) bond motifs is 1. The first-order chi connectivity index (χ1) is 11.2. The Balaban J connectivity index is 1.97. The van der Waals surface area contributed by atoms with Crippen molar-refractivity contribution in [1.82, 2.24) is 15.0 Å². The summed E-state index contributed by atoms with van der Waals surface area (Å²) in [6.07, 6.45) is 0. The molecule has 8 nitrogen and oxygen atoms in total. The molecule has 3 rings (SSSR count). The second-order valence-electron chi connectivity index (χ2n) is 5.23. The van der Waals surface area contributed by atoms with E-state index >= 15 is 0 Å². The van der Waals surface area contributed by atoms with Crippen LogP contribution in [0.3, 0.4) is 0 Å². The van der Waals surface area contributed by atoms with E-state index in [9.17, 15) is 0 Å². The van der Waals surface area contributed by atoms with Crippen LogP contribution in [0, 0.1) is 0 Å². The fourth-order valence-corrected chi connectivity index (χ4v) is 2.68. The molecule has 2 aromatic rings. The maximum atomic E-state index is 6.12. The molecular formula is C15H21N5O3. The molecule has 1 aromatic heterocycles. The van der Waals surface area contributed by atoms with E-state index in [4.69, 9.17) is 20.0 Å². The monoisotopic (exact) mass is 319 g/mol. The lowest BCUT2D eigenvalue weighted by Crippen LogP contribution is -2.46. The molecule has 0 bridgehead atoms. The van der Waals surface area contributed by atoms with Gasteiger partial charge in [-0.15, -0.1) is 0 Å². The third-order valence-electron chi connectivity index (χ3n) is 4.00. The quantitative estimate of drug-likeness (QED) is 0.890. The zero-order valence-corrected chi connectivity index (χ0v) is 13.6. The van der Waals surface area contributed by atoms with Crippen LogP contribution in [0.1, 0.15) is 0 Å². The van der Waals surface area contributed by atoms with Crippen molar-refractivity contribution >= 4 is 22.7 Å². The number of nitrogens with zero attached hydrogens (tertiary/aromatic N) is 4. The summed E-state index contributed by atoms with van der Waals surface area (Å²) in [4.78, 5) is 16.4. The van der Waals surface area contributed by atoms with Crippen LogP contribution in [0.25, 0.3) is 10.9 Å². The van der Waals surface area contributed by atoms with Crippen molar-refractivity contribution in [1.29, 1.82) is 0 Å². The minimum Gasteiger partial charge on any atom is -0.493 e. The SMILES string of the molecule is COc1cc2nc(N3CCN(OC)CC3)nc(N)c2cc1OC. The van der Waals surface area contributed by atoms with Crippen molar-refractivity contribution in [3.63, 3.8) is 0 Å². The number of rotatable bonds is 4. The zero-order valence-electron chi connectivity index (χ0n) is 13.6. The first kappa shape index (κ1) is 15.6. The molecule has 2 N–H and O–H groups in total. The molecule has 1 saturated heterocycles. The molecule has 124 valence electrons. The van der Waals surface area contributed by atoms with Gasteiger partial charge in [0.15, 0.2) is 11.5 Å². The Bertz CT molecular complexity index is 701. The number of hydrogen-bond acceptors (Lipinski definition) is 8. The lowest BCUT2D eigenvalue weighted by Gasteiger charge is -2.33. The van der Waals surface area contributed by atoms with E-state index in [0.717, 1.165) is 37.1 Å². The van der Waals surface area contributed by atoms with E-state index in [1.165, 1.54) is 0 Å². The largest absolute Gasteiger partial charge is 0.493 e. The standard InChI is InChI=1S/C15H21N5O3/c1-21-12-8-10-11(9-13(12)22-2)17-15(18-14(10)16)19-4-6-20(23-3)7-5-19/h8-9H,4-7H2,1-3H3,(H2,16,17,18). The van der Waals surface area contributed by atoms with Crippen LogP contribution < -0.4 is 20.1 Å². The van der Waals surface area contributed by atoms with Crippen molar-refractivity contribution in [2.45, 2.75) is 0 Å². The van der Waals surface area contributed by atoms with Gasteiger partial charge in [0.25, 0.3) is 0 Å². The van der Waals surface area contributed by atoms with Crippen LogP contribution in [0.4, 0.5) is 11.8 Å². The number of anilines is 2. The molecule has 0 aliphatic carbocycles. The van der Waals surface area contributed by atoms with Gasteiger partial charge in [0, 0.05) is 37.6 Å². The Morgan fingerprint density at radius 3 is 2.22 bits per heavy atom. The van der Waals surface area contributed by atoms with Crippen molar-refractivity contribution < 1.29 is 14.3 Å². The number of piperazine rings is 1. The third-order valence-corrected chi connectivity index (χ3v) is 4.00. The summed E-state index contributed by atoms with van der Waals surface area (Å²) in [5.74, 6) is 2.28. The molecule has 0 amide bonds. The summed E-state index contributed by atoms with van der Waals surface area (Å²) in [6.45, 7) is 3.16. The first-order valence-electron chi connectivity index (χ1n) is 7.39. The summed E-state index contributed by atoms with van der Waals surface area (Å²) in [7, 11) is 4.86. The molecule has 0 unspecified atom stereocenters. The molecule has 23 heavy (non-hydrogen) atoms. The zero-order chi connectivity index (χ0) is 16.4. The number of nitrogen functional groups attached to an aromatic ring is 1. The normalized spacial score (nSPS) is 15.9. The number of nitrogens with two attached hydrogens (primary N) is 1. The summed E-state index contributed by atoms with van der Waals surface area (Å²) < 4.78 is 10.6. The van der Waals surface area contributed by atoms with Crippen LogP contribution >= 0.6 is 0 Å². The topological polar surface area (TPSA) is 86.0 Å². The highest BCUT2D eigenvalue weighted by Gasteiger charge is 2.20. The van der Waals surface area contributed by atoms with E-state index in [-0.39, 0.29) is 0 Å². The molecule has 1 aliphatic heterocycles. The van der Waals surface area contributed by atoms with Gasteiger partial charge in [-0.3, -0.25) is 0 Å². The predicted molar refractivity (Wildman–Crippen MR) is 87.8 cm³/mol. The van der Waals surface area contributed by atoms with Crippen LogP contribution in [-0.4, -0.2) is 62.5 Å². The van der Waals surface area contributed by atoms with E-state index in [1.807, 2.05) is 11.1 Å². The fourth-order valence-electron chi connectivity index (χ4n) is 2.68. The number of methoxy groups -OCH3 is 2. The summed E-state index contributed by atoms with van der Waals surface area (Å²) in [5, 5.41) is 2.66. The molecule has 8 heteroatoms. The molecule has 0 radical (unpaired) electrons. The highest BCUT2D eigenvalue weighted by molar-refractivity contribution is 5.91. The molecule has 1 aromatic carbocycles. The van der Waals surface area contributed by atoms with Gasteiger partial charge >= 0.3 is 0 Å². The average molecular weight is 319 g/mol. The van der Waals surface area contributed by atoms with Gasteiger partial charge in [-0.05, 0) is 6.07 Å². The van der Waals surface area contributed by atoms with Crippen molar-refractivity contribution in [2.75, 3.05) is 58.1 Å². The van der Waals surface area contributed by atoms with E-state index < -0.39 is 0 Å². The van der Waals surface area contributed by atoms with Gasteiger partial charge in [0.05, 0.1) is 26.8 Å². The van der Waals surface area contributed by atoms with E-state index in [0.29, 0.717) is 23.3 Å². The second-order valence-corrected chi connectivity index (χ2v) is 5.23. The second kappa shape index (κ2) is 6.43. The first-order valence-corrected chi connectivity index (χ1v) is 7.39. The van der Waals surface area contributed by atoms with Crippen LogP contribution in [0.2, 0.25) is 0 Å². The molecule has 0 atom stereocenters. The summed E-state index contributed by atoms with van der Waals surface area (Å²) in [6, 6.07) is 3.62. The maximum Gasteiger partial charge on any atom is 0.227 e. The molecule has 0 spiro atoms. The van der Waals surface area contributed by atoms with Gasteiger partial charge < -0.3 is 24.9 Å². The molecular weight excluding hydrogens is 298 g/mol. The lowest BCUT2D eigenvalue weighted by atomic mass is 10.2. The Labute approximate surface area is 134 Å². The average Bonchev–Trinajstić information content (AvgIpc) is 2.60. The Morgan fingerprint density at radius 2 is 1.61 bits per heavy atom. The number of hydrogen-bond donors (Lipinski definition) is 1. The molecule has 1 aliphatic rings. The minimum absolute atomic E-state index is 0.431. The Morgan fingerprint density at radius 1 is 0.957 bits per heavy atom. The van der Waals surface area contributed by atoms with Gasteiger partial charge in [0.1, 0.15) is 5.82 Å². The van der Waals surface area contributed by atoms with Crippen LogP contribution in [0.15, 0.2) is 12.1 Å². The lowest BCUT2D eigenvalue weighted by molar-refractivity contribution is -0.133. The van der Waals surface area contributed by atoms with Crippen molar-refractivity contribution in [3.8, 4) is 11.5 Å². The number of benzene rings is 1. The summed E-state index contributed by atoms with van der Waals surface area (Å²) >= 11 is 0. The Kier molecular flexibility index (Phi) is 4.35. The van der Waals surface area contributed by atoms with Crippen LogP contribution in [-0.2, 0) is 4.84 Å². The highest BCUT2D eigenvalue weighted by atomic mass is 16.7. The van der Waals surface area contributed by atoms with Crippen molar-refractivity contribution in [3.05, 3.63) is 12.1 Å². The summed E-state index contributed by atoms with van der Waals surface area (Å²) in [5.41, 5.74) is 6.86. The number of ether oxygens (including phenoxy) is 2. The molecule has 0 saturated carbocycles.